The van der Waals surface area contributed by atoms with Crippen LogP contribution in [0.15, 0.2) is 24.3 Å². The largest absolute Gasteiger partial charge is 0.416 e. The normalized spacial score (nSPS) is 29.0. The van der Waals surface area contributed by atoms with Crippen LogP contribution >= 0.6 is 0 Å². The second-order valence-corrected chi connectivity index (χ2v) is 8.53. The molecule has 0 bridgehead atoms. The van der Waals surface area contributed by atoms with E-state index in [4.69, 9.17) is 0 Å². The van der Waals surface area contributed by atoms with E-state index in [1.165, 1.54) is 63.5 Å². The van der Waals surface area contributed by atoms with Crippen LogP contribution in [0, 0.1) is 35.5 Å². The number of hydrogen-bond acceptors (Lipinski definition) is 0. The number of benzene rings is 1. The van der Waals surface area contributed by atoms with E-state index in [9.17, 15) is 13.2 Å². The van der Waals surface area contributed by atoms with Gasteiger partial charge in [-0.3, -0.25) is 0 Å². The van der Waals surface area contributed by atoms with Crippen molar-refractivity contribution in [2.24, 2.45) is 23.7 Å². The van der Waals surface area contributed by atoms with Crippen LogP contribution in [-0.4, -0.2) is 0 Å². The van der Waals surface area contributed by atoms with Gasteiger partial charge in [0.25, 0.3) is 0 Å². The molecule has 0 heterocycles. The average Bonchev–Trinajstić information content (AvgIpc) is 2.67. The van der Waals surface area contributed by atoms with Gasteiger partial charge >= 0.3 is 6.18 Å². The SMILES string of the molecule is CCCC1CCC(C2CCC(C#Cc3ccc(C(F)(F)F)cc3)CC2)CC1. The van der Waals surface area contributed by atoms with E-state index in [1.54, 1.807) is 0 Å². The van der Waals surface area contributed by atoms with Crippen LogP contribution in [0.5, 0.6) is 0 Å². The number of hydrogen-bond donors (Lipinski definition) is 0. The fraction of sp³-hybridized carbons (Fsp3) is 0.667. The highest BCUT2D eigenvalue weighted by molar-refractivity contribution is 5.37. The highest BCUT2D eigenvalue weighted by atomic mass is 19.4. The molecule has 1 aromatic rings. The molecule has 0 aliphatic heterocycles. The summed E-state index contributed by atoms with van der Waals surface area (Å²) in [5.74, 6) is 9.56. The van der Waals surface area contributed by atoms with E-state index in [2.05, 4.69) is 18.8 Å². The maximum atomic E-state index is 12.6. The smallest absolute Gasteiger partial charge is 0.166 e. The quantitative estimate of drug-likeness (QED) is 0.480. The van der Waals surface area contributed by atoms with Crippen molar-refractivity contribution in [3.63, 3.8) is 0 Å². The van der Waals surface area contributed by atoms with Crippen molar-refractivity contribution in [2.45, 2.75) is 77.3 Å². The third kappa shape index (κ3) is 5.77. The fourth-order valence-corrected chi connectivity index (χ4v) is 5.02. The predicted molar refractivity (Wildman–Crippen MR) is 104 cm³/mol. The summed E-state index contributed by atoms with van der Waals surface area (Å²) in [4.78, 5) is 0. The van der Waals surface area contributed by atoms with E-state index in [1.807, 2.05) is 0 Å². The summed E-state index contributed by atoms with van der Waals surface area (Å²) in [7, 11) is 0. The molecule has 0 saturated heterocycles. The molecule has 0 nitrogen and oxygen atoms in total. The summed E-state index contributed by atoms with van der Waals surface area (Å²) in [5.41, 5.74) is 0.0709. The third-order valence-corrected chi connectivity index (χ3v) is 6.66. The monoisotopic (exact) mass is 376 g/mol. The van der Waals surface area contributed by atoms with Crippen molar-refractivity contribution in [2.75, 3.05) is 0 Å². The number of halogens is 3. The molecule has 2 saturated carbocycles. The lowest BCUT2D eigenvalue weighted by Gasteiger charge is -2.37. The molecule has 148 valence electrons. The van der Waals surface area contributed by atoms with E-state index in [0.29, 0.717) is 11.5 Å². The first-order chi connectivity index (χ1) is 13.0. The highest BCUT2D eigenvalue weighted by Crippen LogP contribution is 2.42. The minimum atomic E-state index is -4.28. The topological polar surface area (TPSA) is 0 Å². The third-order valence-electron chi connectivity index (χ3n) is 6.66. The van der Waals surface area contributed by atoms with Gasteiger partial charge in [0, 0.05) is 11.5 Å². The van der Waals surface area contributed by atoms with E-state index < -0.39 is 11.7 Å². The summed E-state index contributed by atoms with van der Waals surface area (Å²) < 4.78 is 37.8. The first-order valence-corrected chi connectivity index (χ1v) is 10.6. The van der Waals surface area contributed by atoms with Gasteiger partial charge in [0.05, 0.1) is 5.56 Å². The fourth-order valence-electron chi connectivity index (χ4n) is 5.02. The zero-order valence-electron chi connectivity index (χ0n) is 16.3. The molecule has 0 N–H and O–H groups in total. The Morgan fingerprint density at radius 2 is 1.41 bits per heavy atom. The Kier molecular flexibility index (Phi) is 6.90. The van der Waals surface area contributed by atoms with Gasteiger partial charge in [-0.25, -0.2) is 0 Å². The molecule has 1 aromatic carbocycles. The van der Waals surface area contributed by atoms with Crippen LogP contribution < -0.4 is 0 Å². The second kappa shape index (κ2) is 9.18. The maximum Gasteiger partial charge on any atom is 0.416 e. The summed E-state index contributed by atoms with van der Waals surface area (Å²) in [6.07, 6.45) is 8.95. The Morgan fingerprint density at radius 1 is 0.852 bits per heavy atom. The van der Waals surface area contributed by atoms with Crippen molar-refractivity contribution in [3.8, 4) is 11.8 Å². The molecule has 0 unspecified atom stereocenters. The molecule has 2 aliphatic carbocycles. The number of rotatable bonds is 3. The van der Waals surface area contributed by atoms with Gasteiger partial charge in [-0.05, 0) is 80.5 Å². The average molecular weight is 377 g/mol. The zero-order valence-corrected chi connectivity index (χ0v) is 16.3. The molecule has 3 rings (SSSR count). The van der Waals surface area contributed by atoms with Crippen molar-refractivity contribution < 1.29 is 13.2 Å². The lowest BCUT2D eigenvalue weighted by atomic mass is 9.69. The van der Waals surface area contributed by atoms with Crippen molar-refractivity contribution in [3.05, 3.63) is 35.4 Å². The second-order valence-electron chi connectivity index (χ2n) is 8.53. The molecule has 0 amide bonds. The van der Waals surface area contributed by atoms with Gasteiger partial charge in [-0.1, -0.05) is 44.4 Å². The summed E-state index contributed by atoms with van der Waals surface area (Å²) in [5, 5.41) is 0. The van der Waals surface area contributed by atoms with Crippen molar-refractivity contribution in [1.82, 2.24) is 0 Å². The molecule has 0 radical (unpaired) electrons. The van der Waals surface area contributed by atoms with E-state index in [0.717, 1.165) is 42.7 Å². The molecule has 0 atom stereocenters. The van der Waals surface area contributed by atoms with Crippen molar-refractivity contribution in [1.29, 1.82) is 0 Å². The van der Waals surface area contributed by atoms with Crippen LogP contribution in [0.1, 0.15) is 82.3 Å². The summed E-state index contributed by atoms with van der Waals surface area (Å²) in [6.45, 7) is 2.29. The summed E-state index contributed by atoms with van der Waals surface area (Å²) in [6, 6.07) is 5.21. The Bertz CT molecular complexity index is 631. The van der Waals surface area contributed by atoms with Gasteiger partial charge in [0.2, 0.25) is 0 Å². The van der Waals surface area contributed by atoms with E-state index in [-0.39, 0.29) is 0 Å². The van der Waals surface area contributed by atoms with Crippen LogP contribution in [0.2, 0.25) is 0 Å². The molecular formula is C24H31F3. The standard InChI is InChI=1S/C24H31F3/c1-2-3-18-6-12-21(13-7-18)22-14-8-19(9-15-22)4-5-20-10-16-23(17-11-20)24(25,26)27/h10-11,16-19,21-22H,2-3,6-9,12-15H2,1H3. The Hall–Kier alpha value is -1.43. The minimum Gasteiger partial charge on any atom is -0.166 e. The van der Waals surface area contributed by atoms with Gasteiger partial charge in [0.15, 0.2) is 0 Å². The molecule has 0 aromatic heterocycles. The number of alkyl halides is 3. The van der Waals surface area contributed by atoms with Crippen LogP contribution in [0.25, 0.3) is 0 Å². The molecule has 0 spiro atoms. The van der Waals surface area contributed by atoms with Crippen LogP contribution in [-0.2, 0) is 6.18 Å². The van der Waals surface area contributed by atoms with Crippen LogP contribution in [0.4, 0.5) is 13.2 Å². The Labute approximate surface area is 161 Å². The Balaban J connectivity index is 1.46. The van der Waals surface area contributed by atoms with E-state index >= 15 is 0 Å². The first kappa shape index (κ1) is 20.3. The highest BCUT2D eigenvalue weighted by Gasteiger charge is 2.31. The van der Waals surface area contributed by atoms with Gasteiger partial charge in [-0.2, -0.15) is 13.2 Å². The maximum absolute atomic E-state index is 12.6. The first-order valence-electron chi connectivity index (χ1n) is 10.6. The van der Waals surface area contributed by atoms with Gasteiger partial charge in [-0.15, -0.1) is 0 Å². The molecule has 2 fully saturated rings. The molecule has 2 aliphatic rings. The Morgan fingerprint density at radius 3 is 1.93 bits per heavy atom. The summed E-state index contributed by atoms with van der Waals surface area (Å²) >= 11 is 0. The minimum absolute atomic E-state index is 0.403. The van der Waals surface area contributed by atoms with Crippen molar-refractivity contribution >= 4 is 0 Å². The van der Waals surface area contributed by atoms with Gasteiger partial charge in [0.1, 0.15) is 0 Å². The van der Waals surface area contributed by atoms with Crippen LogP contribution in [0.3, 0.4) is 0 Å². The lowest BCUT2D eigenvalue weighted by molar-refractivity contribution is -0.137. The lowest BCUT2D eigenvalue weighted by Crippen LogP contribution is -2.25. The molecular weight excluding hydrogens is 345 g/mol. The molecule has 27 heavy (non-hydrogen) atoms. The zero-order chi connectivity index (χ0) is 19.3. The van der Waals surface area contributed by atoms with Gasteiger partial charge < -0.3 is 0 Å². The molecule has 3 heteroatoms. The predicted octanol–water partition coefficient (Wildman–Crippen LogP) is 7.47.